The Kier molecular flexibility index (Phi) is 5.53. The molecule has 0 spiro atoms. The monoisotopic (exact) mass is 278 g/mol. The number of likely N-dealkylation sites (tertiary alicyclic amines) is 1. The van der Waals surface area contributed by atoms with E-state index in [4.69, 9.17) is 9.47 Å². The van der Waals surface area contributed by atoms with Crippen molar-refractivity contribution in [3.63, 3.8) is 0 Å². The van der Waals surface area contributed by atoms with E-state index in [9.17, 15) is 0 Å². The summed E-state index contributed by atoms with van der Waals surface area (Å²) in [5.41, 5.74) is 1.10. The minimum absolute atomic E-state index is 0.648. The van der Waals surface area contributed by atoms with Gasteiger partial charge in [0.1, 0.15) is 0 Å². The molecule has 0 bridgehead atoms. The molecule has 0 amide bonds. The van der Waals surface area contributed by atoms with Gasteiger partial charge < -0.3 is 19.7 Å². The molecule has 2 rings (SSSR count). The van der Waals surface area contributed by atoms with Crippen LogP contribution < -0.4 is 14.8 Å². The molecule has 0 saturated carbocycles. The minimum atomic E-state index is 0.648. The summed E-state index contributed by atoms with van der Waals surface area (Å²) in [5, 5.41) is 3.53. The Balaban J connectivity index is 1.90. The molecule has 1 saturated heterocycles. The fourth-order valence-corrected chi connectivity index (χ4v) is 2.58. The fraction of sp³-hybridized carbons (Fsp3) is 0.625. The summed E-state index contributed by atoms with van der Waals surface area (Å²) in [6.07, 6.45) is 2.55. The van der Waals surface area contributed by atoms with Crippen molar-refractivity contribution in [2.75, 3.05) is 45.7 Å². The first-order valence-electron chi connectivity index (χ1n) is 7.46. The molecule has 0 unspecified atom stereocenters. The summed E-state index contributed by atoms with van der Waals surface area (Å²) in [6, 6.07) is 6.04. The van der Waals surface area contributed by atoms with Crippen molar-refractivity contribution in [1.29, 1.82) is 0 Å². The van der Waals surface area contributed by atoms with Gasteiger partial charge in [0.15, 0.2) is 11.5 Å². The van der Waals surface area contributed by atoms with Crippen LogP contribution in [0, 0.1) is 5.92 Å². The largest absolute Gasteiger partial charge is 0.493 e. The predicted molar refractivity (Wildman–Crippen MR) is 82.9 cm³/mol. The maximum atomic E-state index is 5.60. The molecule has 1 aliphatic rings. The Hall–Kier alpha value is -1.42. The number of rotatable bonds is 6. The lowest BCUT2D eigenvalue weighted by Gasteiger charge is -2.29. The Morgan fingerprint density at radius 1 is 1.25 bits per heavy atom. The molecule has 0 atom stereocenters. The van der Waals surface area contributed by atoms with Gasteiger partial charge in [-0.15, -0.1) is 0 Å². The maximum Gasteiger partial charge on any atom is 0.163 e. The van der Waals surface area contributed by atoms with Gasteiger partial charge in [-0.1, -0.05) is 0 Å². The van der Waals surface area contributed by atoms with Gasteiger partial charge >= 0.3 is 0 Å². The molecule has 4 nitrogen and oxygen atoms in total. The van der Waals surface area contributed by atoms with Crippen molar-refractivity contribution < 1.29 is 9.47 Å². The molecule has 1 aromatic rings. The first-order chi connectivity index (χ1) is 9.72. The molecule has 1 fully saturated rings. The molecule has 4 heteroatoms. The average molecular weight is 278 g/mol. The van der Waals surface area contributed by atoms with Crippen LogP contribution in [0.15, 0.2) is 18.2 Å². The lowest BCUT2D eigenvalue weighted by Crippen LogP contribution is -2.32. The summed E-state index contributed by atoms with van der Waals surface area (Å²) in [7, 11) is 3.87. The Bertz CT molecular complexity index is 415. The Morgan fingerprint density at radius 2 is 2.00 bits per heavy atom. The normalized spacial score (nSPS) is 16.9. The molecule has 0 aromatic heterocycles. The van der Waals surface area contributed by atoms with Gasteiger partial charge in [-0.3, -0.25) is 0 Å². The van der Waals surface area contributed by atoms with Gasteiger partial charge in [0, 0.05) is 18.3 Å². The first-order valence-corrected chi connectivity index (χ1v) is 7.46. The van der Waals surface area contributed by atoms with Crippen LogP contribution in [0.25, 0.3) is 0 Å². The van der Waals surface area contributed by atoms with Crippen molar-refractivity contribution in [2.45, 2.75) is 19.8 Å². The van der Waals surface area contributed by atoms with E-state index < -0.39 is 0 Å². The summed E-state index contributed by atoms with van der Waals surface area (Å²) >= 11 is 0. The SMILES string of the molecule is CCOc1cc(NCC2CCN(C)CC2)ccc1OC. The zero-order chi connectivity index (χ0) is 14.4. The third-order valence-corrected chi connectivity index (χ3v) is 3.90. The molecule has 1 aliphatic heterocycles. The Morgan fingerprint density at radius 3 is 2.65 bits per heavy atom. The maximum absolute atomic E-state index is 5.60. The van der Waals surface area contributed by atoms with E-state index in [1.54, 1.807) is 7.11 Å². The van der Waals surface area contributed by atoms with Crippen molar-refractivity contribution in [3.8, 4) is 11.5 Å². The van der Waals surface area contributed by atoms with E-state index in [1.807, 2.05) is 19.1 Å². The highest BCUT2D eigenvalue weighted by Gasteiger charge is 2.16. The van der Waals surface area contributed by atoms with Crippen LogP contribution in [0.2, 0.25) is 0 Å². The van der Waals surface area contributed by atoms with E-state index in [0.29, 0.717) is 6.61 Å². The van der Waals surface area contributed by atoms with E-state index in [2.05, 4.69) is 23.3 Å². The second kappa shape index (κ2) is 7.39. The standard InChI is InChI=1S/C16H26N2O2/c1-4-20-16-11-14(5-6-15(16)19-3)17-12-13-7-9-18(2)10-8-13/h5-6,11,13,17H,4,7-10,12H2,1-3H3. The summed E-state index contributed by atoms with van der Waals surface area (Å²) < 4.78 is 10.9. The average Bonchev–Trinajstić information content (AvgIpc) is 2.47. The number of piperidine rings is 1. The number of anilines is 1. The zero-order valence-corrected chi connectivity index (χ0v) is 12.8. The number of nitrogens with one attached hydrogen (secondary N) is 1. The number of methoxy groups -OCH3 is 1. The van der Waals surface area contributed by atoms with Gasteiger partial charge in [0.2, 0.25) is 0 Å². The zero-order valence-electron chi connectivity index (χ0n) is 12.8. The first kappa shape index (κ1) is 15.0. The van der Waals surface area contributed by atoms with Gasteiger partial charge in [-0.05, 0) is 58.0 Å². The van der Waals surface area contributed by atoms with Crippen LogP contribution in [0.5, 0.6) is 11.5 Å². The van der Waals surface area contributed by atoms with Crippen molar-refractivity contribution in [2.24, 2.45) is 5.92 Å². The smallest absolute Gasteiger partial charge is 0.163 e. The summed E-state index contributed by atoms with van der Waals surface area (Å²) in [6.45, 7) is 6.08. The van der Waals surface area contributed by atoms with Gasteiger partial charge in [-0.2, -0.15) is 0 Å². The van der Waals surface area contributed by atoms with Crippen LogP contribution in [0.4, 0.5) is 5.69 Å². The third-order valence-electron chi connectivity index (χ3n) is 3.90. The molecule has 20 heavy (non-hydrogen) atoms. The highest BCUT2D eigenvalue weighted by Crippen LogP contribution is 2.30. The molecular formula is C16H26N2O2. The minimum Gasteiger partial charge on any atom is -0.493 e. The number of hydrogen-bond donors (Lipinski definition) is 1. The van der Waals surface area contributed by atoms with E-state index in [1.165, 1.54) is 25.9 Å². The third kappa shape index (κ3) is 4.04. The predicted octanol–water partition coefficient (Wildman–Crippen LogP) is 2.85. The van der Waals surface area contributed by atoms with Crippen molar-refractivity contribution >= 4 is 5.69 Å². The fourth-order valence-electron chi connectivity index (χ4n) is 2.58. The van der Waals surface area contributed by atoms with Gasteiger partial charge in [0.05, 0.1) is 13.7 Å². The number of benzene rings is 1. The summed E-state index contributed by atoms with van der Waals surface area (Å²) in [5.74, 6) is 2.36. The second-order valence-electron chi connectivity index (χ2n) is 5.43. The lowest BCUT2D eigenvalue weighted by atomic mass is 9.97. The van der Waals surface area contributed by atoms with Crippen LogP contribution in [0.1, 0.15) is 19.8 Å². The highest BCUT2D eigenvalue weighted by molar-refractivity contribution is 5.54. The van der Waals surface area contributed by atoms with Crippen molar-refractivity contribution in [1.82, 2.24) is 4.90 Å². The molecule has 1 aromatic carbocycles. The molecule has 112 valence electrons. The number of ether oxygens (including phenoxy) is 2. The van der Waals surface area contributed by atoms with Crippen molar-refractivity contribution in [3.05, 3.63) is 18.2 Å². The second-order valence-corrected chi connectivity index (χ2v) is 5.43. The lowest BCUT2D eigenvalue weighted by molar-refractivity contribution is 0.226. The quantitative estimate of drug-likeness (QED) is 0.867. The highest BCUT2D eigenvalue weighted by atomic mass is 16.5. The van der Waals surface area contributed by atoms with Crippen LogP contribution in [-0.2, 0) is 0 Å². The molecule has 1 N–H and O–H groups in total. The molecule has 0 radical (unpaired) electrons. The number of hydrogen-bond acceptors (Lipinski definition) is 4. The van der Waals surface area contributed by atoms with Crippen LogP contribution in [0.3, 0.4) is 0 Å². The van der Waals surface area contributed by atoms with E-state index in [0.717, 1.165) is 29.6 Å². The van der Waals surface area contributed by atoms with E-state index in [-0.39, 0.29) is 0 Å². The Labute approximate surface area is 122 Å². The number of nitrogens with zero attached hydrogens (tertiary/aromatic N) is 1. The van der Waals surface area contributed by atoms with Crippen LogP contribution >= 0.6 is 0 Å². The topological polar surface area (TPSA) is 33.7 Å². The summed E-state index contributed by atoms with van der Waals surface area (Å²) in [4.78, 5) is 2.40. The van der Waals surface area contributed by atoms with Crippen LogP contribution in [-0.4, -0.2) is 45.3 Å². The van der Waals surface area contributed by atoms with Gasteiger partial charge in [-0.25, -0.2) is 0 Å². The molecule has 1 heterocycles. The molecule has 0 aliphatic carbocycles. The van der Waals surface area contributed by atoms with Gasteiger partial charge in [0.25, 0.3) is 0 Å². The van der Waals surface area contributed by atoms with E-state index >= 15 is 0 Å². The molecular weight excluding hydrogens is 252 g/mol.